The van der Waals surface area contributed by atoms with Gasteiger partial charge in [0.15, 0.2) is 11.5 Å². The van der Waals surface area contributed by atoms with Crippen molar-refractivity contribution in [3.63, 3.8) is 0 Å². The zero-order chi connectivity index (χ0) is 19.1. The fraction of sp³-hybridized carbons (Fsp3) is 0.400. The molecule has 0 radical (unpaired) electrons. The Kier molecular flexibility index (Phi) is 6.83. The van der Waals surface area contributed by atoms with Gasteiger partial charge >= 0.3 is 0 Å². The summed E-state index contributed by atoms with van der Waals surface area (Å²) in [5, 5.41) is 7.18. The number of nitrogens with one attached hydrogen (secondary N) is 1. The molecule has 0 saturated carbocycles. The summed E-state index contributed by atoms with van der Waals surface area (Å²) in [6, 6.07) is 5.64. The highest BCUT2D eigenvalue weighted by Gasteiger charge is 2.11. The van der Waals surface area contributed by atoms with Crippen molar-refractivity contribution in [3.8, 4) is 11.5 Å². The summed E-state index contributed by atoms with van der Waals surface area (Å²) in [7, 11) is 1.85. The van der Waals surface area contributed by atoms with Gasteiger partial charge < -0.3 is 14.8 Å². The molecule has 1 amide bonds. The molecule has 6 heteroatoms. The van der Waals surface area contributed by atoms with Crippen molar-refractivity contribution in [3.05, 3.63) is 41.2 Å². The fourth-order valence-electron chi connectivity index (χ4n) is 2.52. The first kappa shape index (κ1) is 19.6. The van der Waals surface area contributed by atoms with E-state index < -0.39 is 0 Å². The minimum absolute atomic E-state index is 0.200. The first-order chi connectivity index (χ1) is 12.5. The molecule has 0 fully saturated rings. The van der Waals surface area contributed by atoms with Crippen LogP contribution in [0.4, 0.5) is 5.69 Å². The van der Waals surface area contributed by atoms with Crippen molar-refractivity contribution in [2.75, 3.05) is 18.5 Å². The van der Waals surface area contributed by atoms with Gasteiger partial charge in [-0.15, -0.1) is 0 Å². The summed E-state index contributed by atoms with van der Waals surface area (Å²) >= 11 is 0. The molecule has 0 aliphatic heterocycles. The number of amides is 1. The van der Waals surface area contributed by atoms with Crippen molar-refractivity contribution in [1.29, 1.82) is 0 Å². The smallest absolute Gasteiger partial charge is 0.248 e. The molecule has 0 spiro atoms. The molecule has 0 atom stereocenters. The number of aromatic nitrogens is 2. The maximum Gasteiger partial charge on any atom is 0.248 e. The molecule has 2 aromatic rings. The SMILES string of the molecule is CCCOc1ccc(/C=C/C(=O)Nc2c(C)nn(C)c2C)cc1OCC. The Bertz CT molecular complexity index is 794. The number of nitrogens with zero attached hydrogens (tertiary/aromatic N) is 2. The second-order valence-corrected chi connectivity index (χ2v) is 5.98. The predicted molar refractivity (Wildman–Crippen MR) is 104 cm³/mol. The molecule has 0 bridgehead atoms. The summed E-state index contributed by atoms with van der Waals surface area (Å²) in [4.78, 5) is 12.2. The number of carbonyl (C=O) groups is 1. The van der Waals surface area contributed by atoms with Crippen LogP contribution in [0.3, 0.4) is 0 Å². The lowest BCUT2D eigenvalue weighted by Gasteiger charge is -2.12. The van der Waals surface area contributed by atoms with Crippen LogP contribution in [-0.4, -0.2) is 28.9 Å². The Morgan fingerprint density at radius 2 is 2.00 bits per heavy atom. The van der Waals surface area contributed by atoms with E-state index in [2.05, 4.69) is 17.3 Å². The van der Waals surface area contributed by atoms with Crippen LogP contribution in [0.1, 0.15) is 37.2 Å². The zero-order valence-electron chi connectivity index (χ0n) is 16.1. The van der Waals surface area contributed by atoms with E-state index in [4.69, 9.17) is 9.47 Å². The van der Waals surface area contributed by atoms with E-state index in [0.717, 1.165) is 34.8 Å². The molecule has 140 valence electrons. The van der Waals surface area contributed by atoms with Crippen LogP contribution in [0.5, 0.6) is 11.5 Å². The predicted octanol–water partition coefficient (Wildman–Crippen LogP) is 3.88. The first-order valence-electron chi connectivity index (χ1n) is 8.85. The van der Waals surface area contributed by atoms with E-state index in [9.17, 15) is 4.79 Å². The number of carbonyl (C=O) groups excluding carboxylic acids is 1. The maximum absolute atomic E-state index is 12.2. The van der Waals surface area contributed by atoms with Crippen molar-refractivity contribution < 1.29 is 14.3 Å². The highest BCUT2D eigenvalue weighted by atomic mass is 16.5. The van der Waals surface area contributed by atoms with Gasteiger partial charge in [-0.2, -0.15) is 5.10 Å². The Labute approximate surface area is 154 Å². The van der Waals surface area contributed by atoms with Gasteiger partial charge in [-0.1, -0.05) is 13.0 Å². The minimum Gasteiger partial charge on any atom is -0.490 e. The van der Waals surface area contributed by atoms with E-state index in [-0.39, 0.29) is 5.91 Å². The van der Waals surface area contributed by atoms with Gasteiger partial charge in [0.05, 0.1) is 30.3 Å². The molecule has 1 N–H and O–H groups in total. The van der Waals surface area contributed by atoms with Gasteiger partial charge in [-0.3, -0.25) is 9.48 Å². The highest BCUT2D eigenvalue weighted by Crippen LogP contribution is 2.29. The number of benzene rings is 1. The highest BCUT2D eigenvalue weighted by molar-refractivity contribution is 6.02. The van der Waals surface area contributed by atoms with Gasteiger partial charge in [0, 0.05) is 13.1 Å². The first-order valence-corrected chi connectivity index (χ1v) is 8.85. The Morgan fingerprint density at radius 3 is 2.62 bits per heavy atom. The third-order valence-electron chi connectivity index (χ3n) is 3.91. The lowest BCUT2D eigenvalue weighted by molar-refractivity contribution is -0.111. The molecule has 1 aromatic heterocycles. The maximum atomic E-state index is 12.2. The molecule has 0 aliphatic carbocycles. The van der Waals surface area contributed by atoms with E-state index in [1.165, 1.54) is 6.08 Å². The zero-order valence-corrected chi connectivity index (χ0v) is 16.1. The lowest BCUT2D eigenvalue weighted by Crippen LogP contribution is -2.09. The molecule has 1 heterocycles. The van der Waals surface area contributed by atoms with Crippen LogP contribution in [0.15, 0.2) is 24.3 Å². The quantitative estimate of drug-likeness (QED) is 0.728. The number of hydrogen-bond donors (Lipinski definition) is 1. The molecule has 6 nitrogen and oxygen atoms in total. The van der Waals surface area contributed by atoms with Crippen LogP contribution >= 0.6 is 0 Å². The topological polar surface area (TPSA) is 65.4 Å². The number of anilines is 1. The van der Waals surface area contributed by atoms with E-state index in [1.54, 1.807) is 10.8 Å². The van der Waals surface area contributed by atoms with Crippen LogP contribution in [-0.2, 0) is 11.8 Å². The normalized spacial score (nSPS) is 11.0. The number of rotatable bonds is 8. The lowest BCUT2D eigenvalue weighted by atomic mass is 10.2. The van der Waals surface area contributed by atoms with Crippen LogP contribution in [0, 0.1) is 13.8 Å². The van der Waals surface area contributed by atoms with Gasteiger partial charge in [0.1, 0.15) is 0 Å². The second kappa shape index (κ2) is 9.08. The molecular formula is C20H27N3O3. The number of ether oxygens (including phenoxy) is 2. The third-order valence-corrected chi connectivity index (χ3v) is 3.91. The number of aryl methyl sites for hydroxylation is 2. The summed E-state index contributed by atoms with van der Waals surface area (Å²) in [5.41, 5.74) is 3.33. The van der Waals surface area contributed by atoms with Crippen LogP contribution in [0.25, 0.3) is 6.08 Å². The largest absolute Gasteiger partial charge is 0.490 e. The average Bonchev–Trinajstić information content (AvgIpc) is 2.85. The molecule has 2 rings (SSSR count). The Hall–Kier alpha value is -2.76. The standard InChI is InChI=1S/C20H27N3O3/c1-6-12-26-17-10-8-16(13-18(17)25-7-2)9-11-19(24)21-20-14(3)22-23(5)15(20)4/h8-11,13H,6-7,12H2,1-5H3,(H,21,24)/b11-9+. The third kappa shape index (κ3) is 4.88. The Balaban J connectivity index is 2.11. The summed E-state index contributed by atoms with van der Waals surface area (Å²) < 4.78 is 13.1. The van der Waals surface area contributed by atoms with Crippen LogP contribution in [0.2, 0.25) is 0 Å². The van der Waals surface area contributed by atoms with Crippen molar-refractivity contribution >= 4 is 17.7 Å². The monoisotopic (exact) mass is 357 g/mol. The molecule has 0 unspecified atom stereocenters. The second-order valence-electron chi connectivity index (χ2n) is 5.98. The average molecular weight is 357 g/mol. The van der Waals surface area contributed by atoms with Gasteiger partial charge in [-0.05, 0) is 51.0 Å². The van der Waals surface area contributed by atoms with E-state index in [1.807, 2.05) is 46.0 Å². The minimum atomic E-state index is -0.200. The van der Waals surface area contributed by atoms with Crippen molar-refractivity contribution in [2.45, 2.75) is 34.1 Å². The molecule has 0 aliphatic rings. The molecule has 26 heavy (non-hydrogen) atoms. The van der Waals surface area contributed by atoms with Gasteiger partial charge in [0.25, 0.3) is 0 Å². The van der Waals surface area contributed by atoms with Gasteiger partial charge in [0.2, 0.25) is 5.91 Å². The number of hydrogen-bond acceptors (Lipinski definition) is 4. The van der Waals surface area contributed by atoms with E-state index >= 15 is 0 Å². The summed E-state index contributed by atoms with van der Waals surface area (Å²) in [5.74, 6) is 1.20. The van der Waals surface area contributed by atoms with Gasteiger partial charge in [-0.25, -0.2) is 0 Å². The molecular weight excluding hydrogens is 330 g/mol. The summed E-state index contributed by atoms with van der Waals surface area (Å²) in [6.07, 6.45) is 4.19. The summed E-state index contributed by atoms with van der Waals surface area (Å²) in [6.45, 7) is 8.97. The van der Waals surface area contributed by atoms with Crippen LogP contribution < -0.4 is 14.8 Å². The fourth-order valence-corrected chi connectivity index (χ4v) is 2.52. The van der Waals surface area contributed by atoms with Crippen molar-refractivity contribution in [1.82, 2.24) is 9.78 Å². The molecule has 1 aromatic carbocycles. The Morgan fingerprint density at radius 1 is 1.23 bits per heavy atom. The van der Waals surface area contributed by atoms with E-state index in [0.29, 0.717) is 19.0 Å². The molecule has 0 saturated heterocycles. The van der Waals surface area contributed by atoms with Crippen molar-refractivity contribution in [2.24, 2.45) is 7.05 Å².